The number of hydrogen-bond donors (Lipinski definition) is 0. The molecule has 0 radical (unpaired) electrons. The van der Waals surface area contributed by atoms with Gasteiger partial charge in [0.15, 0.2) is 0 Å². The Morgan fingerprint density at radius 1 is 1.10 bits per heavy atom. The fraction of sp³-hybridized carbons (Fsp3) is 0.200. The van der Waals surface area contributed by atoms with Gasteiger partial charge in [-0.2, -0.15) is 0 Å². The van der Waals surface area contributed by atoms with Crippen LogP contribution < -0.4 is 0 Å². The SMILES string of the molecule is Cc1nc(C(=O)N(Cc2cccs2)Cc2cccs2)cs1. The highest BCUT2D eigenvalue weighted by molar-refractivity contribution is 7.10. The van der Waals surface area contributed by atoms with E-state index in [0.29, 0.717) is 18.8 Å². The van der Waals surface area contributed by atoms with Crippen molar-refractivity contribution in [2.45, 2.75) is 20.0 Å². The first-order valence-corrected chi connectivity index (χ1v) is 9.12. The van der Waals surface area contributed by atoms with Gasteiger partial charge in [-0.05, 0) is 29.8 Å². The van der Waals surface area contributed by atoms with Crippen molar-refractivity contribution in [3.05, 3.63) is 60.9 Å². The first-order valence-electron chi connectivity index (χ1n) is 6.48. The van der Waals surface area contributed by atoms with Crippen LogP contribution in [0.3, 0.4) is 0 Å². The van der Waals surface area contributed by atoms with E-state index in [4.69, 9.17) is 0 Å². The van der Waals surface area contributed by atoms with Crippen LogP contribution in [0.5, 0.6) is 0 Å². The molecule has 0 aliphatic carbocycles. The Kier molecular flexibility index (Phi) is 4.48. The van der Waals surface area contributed by atoms with Gasteiger partial charge in [0, 0.05) is 15.1 Å². The van der Waals surface area contributed by atoms with Crippen molar-refractivity contribution in [2.24, 2.45) is 0 Å². The Hall–Kier alpha value is -1.50. The van der Waals surface area contributed by atoms with E-state index in [1.54, 1.807) is 22.7 Å². The van der Waals surface area contributed by atoms with Crippen LogP contribution >= 0.6 is 34.0 Å². The lowest BCUT2D eigenvalue weighted by molar-refractivity contribution is 0.0728. The number of aryl methyl sites for hydroxylation is 1. The van der Waals surface area contributed by atoms with Gasteiger partial charge >= 0.3 is 0 Å². The summed E-state index contributed by atoms with van der Waals surface area (Å²) in [5, 5.41) is 6.84. The highest BCUT2D eigenvalue weighted by Crippen LogP contribution is 2.20. The van der Waals surface area contributed by atoms with Gasteiger partial charge in [0.05, 0.1) is 18.1 Å². The Balaban J connectivity index is 1.82. The van der Waals surface area contributed by atoms with E-state index >= 15 is 0 Å². The van der Waals surface area contributed by atoms with E-state index in [0.717, 1.165) is 5.01 Å². The number of carbonyl (C=O) groups is 1. The molecule has 3 rings (SSSR count). The maximum Gasteiger partial charge on any atom is 0.273 e. The number of rotatable bonds is 5. The van der Waals surface area contributed by atoms with Crippen LogP contribution in [-0.2, 0) is 13.1 Å². The molecule has 0 bridgehead atoms. The van der Waals surface area contributed by atoms with Gasteiger partial charge in [-0.25, -0.2) is 4.98 Å². The fourth-order valence-corrected chi connectivity index (χ4v) is 4.03. The molecule has 0 fully saturated rings. The summed E-state index contributed by atoms with van der Waals surface area (Å²) in [6, 6.07) is 8.15. The van der Waals surface area contributed by atoms with E-state index in [-0.39, 0.29) is 5.91 Å². The molecular formula is C15H14N2OS3. The summed E-state index contributed by atoms with van der Waals surface area (Å²) in [4.78, 5) is 21.3. The molecule has 0 aromatic carbocycles. The number of amides is 1. The molecule has 1 amide bonds. The lowest BCUT2D eigenvalue weighted by Gasteiger charge is -2.20. The maximum absolute atomic E-state index is 12.7. The number of hydrogen-bond acceptors (Lipinski definition) is 5. The summed E-state index contributed by atoms with van der Waals surface area (Å²) in [6.07, 6.45) is 0. The predicted molar refractivity (Wildman–Crippen MR) is 89.1 cm³/mol. The molecule has 3 aromatic rings. The lowest BCUT2D eigenvalue weighted by Crippen LogP contribution is -2.29. The molecule has 0 aliphatic rings. The second-order valence-corrected chi connectivity index (χ2v) is 7.70. The first-order chi connectivity index (χ1) is 10.2. The molecular weight excluding hydrogens is 320 g/mol. The Bertz CT molecular complexity index is 665. The van der Waals surface area contributed by atoms with Crippen LogP contribution in [-0.4, -0.2) is 15.8 Å². The number of thiophene rings is 2. The van der Waals surface area contributed by atoms with Gasteiger partial charge in [-0.15, -0.1) is 34.0 Å². The molecule has 0 atom stereocenters. The topological polar surface area (TPSA) is 33.2 Å². The van der Waals surface area contributed by atoms with Crippen LogP contribution in [0, 0.1) is 6.92 Å². The number of nitrogens with zero attached hydrogens (tertiary/aromatic N) is 2. The Labute approximate surface area is 135 Å². The molecule has 0 N–H and O–H groups in total. The number of aromatic nitrogens is 1. The molecule has 0 aliphatic heterocycles. The standard InChI is InChI=1S/C15H14N2OS3/c1-11-16-14(10-21-11)15(18)17(8-12-4-2-6-19-12)9-13-5-3-7-20-13/h2-7,10H,8-9H2,1H3. The summed E-state index contributed by atoms with van der Waals surface area (Å²) in [5.41, 5.74) is 0.547. The highest BCUT2D eigenvalue weighted by Gasteiger charge is 2.19. The van der Waals surface area contributed by atoms with Crippen molar-refractivity contribution in [2.75, 3.05) is 0 Å². The number of thiazole rings is 1. The molecule has 0 saturated heterocycles. The third-order valence-electron chi connectivity index (χ3n) is 2.98. The zero-order valence-electron chi connectivity index (χ0n) is 11.5. The Morgan fingerprint density at radius 2 is 1.71 bits per heavy atom. The molecule has 0 saturated carbocycles. The van der Waals surface area contributed by atoms with E-state index < -0.39 is 0 Å². The average Bonchev–Trinajstić information content (AvgIpc) is 3.19. The van der Waals surface area contributed by atoms with Crippen LogP contribution in [0.25, 0.3) is 0 Å². The van der Waals surface area contributed by atoms with Crippen molar-refractivity contribution in [1.29, 1.82) is 0 Å². The minimum Gasteiger partial charge on any atom is -0.327 e. The fourth-order valence-electron chi connectivity index (χ4n) is 2.00. The lowest BCUT2D eigenvalue weighted by atomic mass is 10.3. The van der Waals surface area contributed by atoms with Crippen molar-refractivity contribution < 1.29 is 4.79 Å². The summed E-state index contributed by atoms with van der Waals surface area (Å²) >= 11 is 4.86. The maximum atomic E-state index is 12.7. The summed E-state index contributed by atoms with van der Waals surface area (Å²) in [7, 11) is 0. The van der Waals surface area contributed by atoms with E-state index in [9.17, 15) is 4.79 Å². The van der Waals surface area contributed by atoms with E-state index in [1.807, 2.05) is 40.1 Å². The molecule has 6 heteroatoms. The minimum atomic E-state index is 0.00106. The van der Waals surface area contributed by atoms with Gasteiger partial charge in [-0.1, -0.05) is 12.1 Å². The molecule has 0 unspecified atom stereocenters. The monoisotopic (exact) mass is 334 g/mol. The van der Waals surface area contributed by atoms with Gasteiger partial charge in [0.25, 0.3) is 5.91 Å². The Morgan fingerprint density at radius 3 is 2.14 bits per heavy atom. The van der Waals surface area contributed by atoms with Gasteiger partial charge in [0.1, 0.15) is 5.69 Å². The number of carbonyl (C=O) groups excluding carboxylic acids is 1. The summed E-state index contributed by atoms with van der Waals surface area (Å²) < 4.78 is 0. The zero-order chi connectivity index (χ0) is 14.7. The average molecular weight is 334 g/mol. The van der Waals surface area contributed by atoms with Crippen LogP contribution in [0.2, 0.25) is 0 Å². The van der Waals surface area contributed by atoms with E-state index in [1.165, 1.54) is 21.1 Å². The second-order valence-electron chi connectivity index (χ2n) is 4.57. The second kappa shape index (κ2) is 6.51. The summed E-state index contributed by atoms with van der Waals surface area (Å²) in [5.74, 6) is 0.00106. The zero-order valence-corrected chi connectivity index (χ0v) is 13.9. The normalized spacial score (nSPS) is 10.7. The van der Waals surface area contributed by atoms with Crippen LogP contribution in [0.1, 0.15) is 25.3 Å². The molecule has 108 valence electrons. The van der Waals surface area contributed by atoms with Gasteiger partial charge in [0.2, 0.25) is 0 Å². The third-order valence-corrected chi connectivity index (χ3v) is 5.47. The predicted octanol–water partition coefficient (Wildman–Crippen LogP) is 4.42. The smallest absolute Gasteiger partial charge is 0.273 e. The van der Waals surface area contributed by atoms with Crippen molar-refractivity contribution in [3.8, 4) is 0 Å². The van der Waals surface area contributed by atoms with Crippen LogP contribution in [0.4, 0.5) is 0 Å². The van der Waals surface area contributed by atoms with Crippen molar-refractivity contribution in [3.63, 3.8) is 0 Å². The summed E-state index contributed by atoms with van der Waals surface area (Å²) in [6.45, 7) is 3.18. The molecule has 0 spiro atoms. The first kappa shape index (κ1) is 14.4. The van der Waals surface area contributed by atoms with Gasteiger partial charge in [-0.3, -0.25) is 4.79 Å². The third kappa shape index (κ3) is 3.58. The van der Waals surface area contributed by atoms with E-state index in [2.05, 4.69) is 17.1 Å². The van der Waals surface area contributed by atoms with Crippen molar-refractivity contribution >= 4 is 39.9 Å². The largest absolute Gasteiger partial charge is 0.327 e. The molecule has 21 heavy (non-hydrogen) atoms. The quantitative estimate of drug-likeness (QED) is 0.692. The highest BCUT2D eigenvalue weighted by atomic mass is 32.1. The molecule has 3 heterocycles. The van der Waals surface area contributed by atoms with Crippen molar-refractivity contribution in [1.82, 2.24) is 9.88 Å². The molecule has 3 aromatic heterocycles. The van der Waals surface area contributed by atoms with Gasteiger partial charge < -0.3 is 4.90 Å². The molecule has 3 nitrogen and oxygen atoms in total. The van der Waals surface area contributed by atoms with Crippen LogP contribution in [0.15, 0.2) is 40.4 Å². The minimum absolute atomic E-state index is 0.00106.